The van der Waals surface area contributed by atoms with Crippen LogP contribution in [0.15, 0.2) is 76.4 Å². The van der Waals surface area contributed by atoms with Gasteiger partial charge in [0.15, 0.2) is 0 Å². The lowest BCUT2D eigenvalue weighted by molar-refractivity contribution is 0.0663. The molecule has 3 aromatic rings. The zero-order valence-corrected chi connectivity index (χ0v) is 16.3. The van der Waals surface area contributed by atoms with Crippen LogP contribution in [0.3, 0.4) is 0 Å². The second kappa shape index (κ2) is 7.54. The van der Waals surface area contributed by atoms with Crippen molar-refractivity contribution in [1.82, 2.24) is 14.5 Å². The van der Waals surface area contributed by atoms with Crippen LogP contribution in [0.1, 0.15) is 34.3 Å². The van der Waals surface area contributed by atoms with E-state index in [1.807, 2.05) is 36.4 Å². The lowest BCUT2D eigenvalue weighted by Gasteiger charge is -2.44. The Morgan fingerprint density at radius 3 is 2.14 bits per heavy atom. The van der Waals surface area contributed by atoms with Crippen LogP contribution < -0.4 is 11.2 Å². The van der Waals surface area contributed by atoms with Gasteiger partial charge in [0.25, 0.3) is 11.5 Å². The minimum Gasteiger partial charge on any atom is -0.337 e. The van der Waals surface area contributed by atoms with Gasteiger partial charge >= 0.3 is 5.69 Å². The number of hydrogen-bond acceptors (Lipinski definition) is 3. The molecule has 0 saturated carbocycles. The minimum absolute atomic E-state index is 0.0102. The van der Waals surface area contributed by atoms with Gasteiger partial charge in [0.05, 0.1) is 0 Å². The molecule has 0 bridgehead atoms. The third kappa shape index (κ3) is 3.42. The van der Waals surface area contributed by atoms with Crippen LogP contribution in [-0.4, -0.2) is 33.4 Å². The highest BCUT2D eigenvalue weighted by molar-refractivity contribution is 5.93. The zero-order valence-electron chi connectivity index (χ0n) is 16.3. The van der Waals surface area contributed by atoms with E-state index in [-0.39, 0.29) is 16.9 Å². The molecule has 0 atom stereocenters. The fourth-order valence-electron chi connectivity index (χ4n) is 4.27. The molecule has 29 heavy (non-hydrogen) atoms. The molecular formula is C23H23N3O3. The maximum absolute atomic E-state index is 13.2. The van der Waals surface area contributed by atoms with Crippen LogP contribution in [-0.2, 0) is 12.5 Å². The first-order valence-corrected chi connectivity index (χ1v) is 9.71. The molecule has 0 spiro atoms. The first-order valence-electron chi connectivity index (χ1n) is 9.71. The van der Waals surface area contributed by atoms with E-state index in [0.717, 1.165) is 24.0 Å². The van der Waals surface area contributed by atoms with Gasteiger partial charge in [-0.3, -0.25) is 14.6 Å². The molecule has 6 nitrogen and oxygen atoms in total. The summed E-state index contributed by atoms with van der Waals surface area (Å²) in [4.78, 5) is 41.1. The van der Waals surface area contributed by atoms with Crippen LogP contribution in [0.2, 0.25) is 0 Å². The predicted octanol–water partition coefficient (Wildman–Crippen LogP) is 2.30. The van der Waals surface area contributed by atoms with E-state index in [0.29, 0.717) is 13.1 Å². The van der Waals surface area contributed by atoms with Gasteiger partial charge in [-0.25, -0.2) is 4.79 Å². The molecule has 6 heteroatoms. The van der Waals surface area contributed by atoms with Gasteiger partial charge in [0.2, 0.25) is 0 Å². The van der Waals surface area contributed by atoms with E-state index in [9.17, 15) is 14.4 Å². The van der Waals surface area contributed by atoms with E-state index in [4.69, 9.17) is 0 Å². The number of aryl methyl sites for hydroxylation is 1. The molecule has 1 aliphatic heterocycles. The Kier molecular flexibility index (Phi) is 4.92. The SMILES string of the molecule is Cn1cc(C(=O)N2CCCC(c3ccccc3)(c3ccccc3)C2)c(=O)[nH]c1=O. The summed E-state index contributed by atoms with van der Waals surface area (Å²) in [6, 6.07) is 20.4. The Hall–Kier alpha value is -3.41. The molecular weight excluding hydrogens is 366 g/mol. The Morgan fingerprint density at radius 2 is 1.55 bits per heavy atom. The first-order chi connectivity index (χ1) is 14.0. The molecule has 1 aliphatic rings. The van der Waals surface area contributed by atoms with Gasteiger partial charge in [0.1, 0.15) is 5.56 Å². The molecule has 0 radical (unpaired) electrons. The number of carbonyl (C=O) groups excluding carboxylic acids is 1. The van der Waals surface area contributed by atoms with E-state index in [1.54, 1.807) is 4.90 Å². The highest BCUT2D eigenvalue weighted by Gasteiger charge is 2.40. The third-order valence-electron chi connectivity index (χ3n) is 5.77. The second-order valence-corrected chi connectivity index (χ2v) is 7.56. The number of nitrogens with one attached hydrogen (secondary N) is 1. The van der Waals surface area contributed by atoms with Gasteiger partial charge in [-0.1, -0.05) is 60.7 Å². The number of nitrogens with zero attached hydrogens (tertiary/aromatic N) is 2. The summed E-state index contributed by atoms with van der Waals surface area (Å²) < 4.78 is 1.22. The maximum Gasteiger partial charge on any atom is 0.328 e. The smallest absolute Gasteiger partial charge is 0.328 e. The zero-order chi connectivity index (χ0) is 20.4. The van der Waals surface area contributed by atoms with Crippen molar-refractivity contribution in [1.29, 1.82) is 0 Å². The summed E-state index contributed by atoms with van der Waals surface area (Å²) in [6.45, 7) is 1.05. The molecule has 1 fully saturated rings. The predicted molar refractivity (Wildman–Crippen MR) is 111 cm³/mol. The number of hydrogen-bond donors (Lipinski definition) is 1. The van der Waals surface area contributed by atoms with Crippen LogP contribution in [0.25, 0.3) is 0 Å². The van der Waals surface area contributed by atoms with Crippen LogP contribution in [0.5, 0.6) is 0 Å². The Labute approximate surface area is 168 Å². The van der Waals surface area contributed by atoms with E-state index >= 15 is 0 Å². The van der Waals surface area contributed by atoms with Gasteiger partial charge in [-0.05, 0) is 24.0 Å². The van der Waals surface area contributed by atoms with Crippen molar-refractivity contribution in [3.05, 3.63) is 104 Å². The summed E-state index contributed by atoms with van der Waals surface area (Å²) >= 11 is 0. The van der Waals surface area contributed by atoms with Crippen molar-refractivity contribution in [3.63, 3.8) is 0 Å². The van der Waals surface area contributed by atoms with E-state index < -0.39 is 11.2 Å². The lowest BCUT2D eigenvalue weighted by Crippen LogP contribution is -2.50. The van der Waals surface area contributed by atoms with Crippen molar-refractivity contribution >= 4 is 5.91 Å². The summed E-state index contributed by atoms with van der Waals surface area (Å²) in [5.74, 6) is -0.349. The molecule has 1 N–H and O–H groups in total. The standard InChI is InChI=1S/C23H23N3O3/c1-25-15-19(20(27)24-22(25)29)21(28)26-14-8-13-23(16-26,17-9-4-2-5-10-17)18-11-6-3-7-12-18/h2-7,9-12,15H,8,13-14,16H2,1H3,(H,24,27,29). The molecule has 0 aliphatic carbocycles. The third-order valence-corrected chi connectivity index (χ3v) is 5.77. The molecule has 1 amide bonds. The second-order valence-electron chi connectivity index (χ2n) is 7.56. The van der Waals surface area contributed by atoms with E-state index in [2.05, 4.69) is 29.2 Å². The summed E-state index contributed by atoms with van der Waals surface area (Å²) in [5, 5.41) is 0. The van der Waals surface area contributed by atoms with Crippen molar-refractivity contribution in [3.8, 4) is 0 Å². The quantitative estimate of drug-likeness (QED) is 0.747. The molecule has 1 saturated heterocycles. The largest absolute Gasteiger partial charge is 0.337 e. The fraction of sp³-hybridized carbons (Fsp3) is 0.261. The van der Waals surface area contributed by atoms with Gasteiger partial charge in [0, 0.05) is 31.7 Å². The lowest BCUT2D eigenvalue weighted by atomic mass is 9.69. The Bertz CT molecular complexity index is 1090. The highest BCUT2D eigenvalue weighted by atomic mass is 16.2. The van der Waals surface area contributed by atoms with Crippen molar-refractivity contribution in [2.24, 2.45) is 7.05 Å². The van der Waals surface area contributed by atoms with Crippen LogP contribution in [0, 0.1) is 0 Å². The number of aromatic nitrogens is 2. The average Bonchev–Trinajstić information content (AvgIpc) is 2.77. The number of piperidine rings is 1. The average molecular weight is 389 g/mol. The van der Waals surface area contributed by atoms with Crippen LogP contribution >= 0.6 is 0 Å². The summed E-state index contributed by atoms with van der Waals surface area (Å²) in [6.07, 6.45) is 3.05. The highest BCUT2D eigenvalue weighted by Crippen LogP contribution is 2.40. The minimum atomic E-state index is -0.645. The number of H-pyrrole nitrogens is 1. The van der Waals surface area contributed by atoms with Gasteiger partial charge in [-0.2, -0.15) is 0 Å². The number of benzene rings is 2. The molecule has 2 aromatic carbocycles. The molecule has 148 valence electrons. The number of likely N-dealkylation sites (tertiary alicyclic amines) is 1. The van der Waals surface area contributed by atoms with Crippen molar-refractivity contribution in [2.45, 2.75) is 18.3 Å². The topological polar surface area (TPSA) is 75.2 Å². The summed E-state index contributed by atoms with van der Waals surface area (Å²) in [5.41, 5.74) is 0.770. The number of amides is 1. The Morgan fingerprint density at radius 1 is 0.966 bits per heavy atom. The summed E-state index contributed by atoms with van der Waals surface area (Å²) in [7, 11) is 1.52. The molecule has 0 unspecified atom stereocenters. The van der Waals surface area contributed by atoms with E-state index in [1.165, 1.54) is 17.8 Å². The fourth-order valence-corrected chi connectivity index (χ4v) is 4.27. The molecule has 2 heterocycles. The van der Waals surface area contributed by atoms with Gasteiger partial charge in [-0.15, -0.1) is 0 Å². The Balaban J connectivity index is 1.77. The molecule has 4 rings (SSSR count). The van der Waals surface area contributed by atoms with Crippen LogP contribution in [0.4, 0.5) is 0 Å². The first kappa shape index (κ1) is 18.9. The number of aromatic amines is 1. The van der Waals surface area contributed by atoms with Gasteiger partial charge < -0.3 is 9.47 Å². The normalized spacial score (nSPS) is 15.8. The van der Waals surface area contributed by atoms with Crippen molar-refractivity contribution < 1.29 is 4.79 Å². The number of carbonyl (C=O) groups is 1. The van der Waals surface area contributed by atoms with Crippen molar-refractivity contribution in [2.75, 3.05) is 13.1 Å². The number of rotatable bonds is 3. The monoisotopic (exact) mass is 389 g/mol. The molecule has 1 aromatic heterocycles. The maximum atomic E-state index is 13.2.